The van der Waals surface area contributed by atoms with Gasteiger partial charge in [0.25, 0.3) is 0 Å². The Morgan fingerprint density at radius 1 is 1.32 bits per heavy atom. The van der Waals surface area contributed by atoms with Crippen molar-refractivity contribution < 1.29 is 19.2 Å². The van der Waals surface area contributed by atoms with E-state index in [0.717, 1.165) is 4.90 Å². The summed E-state index contributed by atoms with van der Waals surface area (Å²) in [7, 11) is 1.49. The van der Waals surface area contributed by atoms with E-state index in [9.17, 15) is 19.2 Å². The van der Waals surface area contributed by atoms with Crippen LogP contribution in [0.1, 0.15) is 0 Å². The maximum absolute atomic E-state index is 13.0. The SMILES string of the molecule is CNC(=O)C1CNCCN1C(=O)N(C(=O)NCC=O)c1ccccc1. The highest BCUT2D eigenvalue weighted by Gasteiger charge is 2.36. The summed E-state index contributed by atoms with van der Waals surface area (Å²) in [5.74, 6) is -0.318. The van der Waals surface area contributed by atoms with Gasteiger partial charge in [-0.2, -0.15) is 0 Å². The number of urea groups is 2. The number of para-hydroxylation sites is 1. The number of hydrogen-bond acceptors (Lipinski definition) is 5. The lowest BCUT2D eigenvalue weighted by Gasteiger charge is -2.37. The van der Waals surface area contributed by atoms with Gasteiger partial charge < -0.3 is 25.6 Å². The predicted octanol–water partition coefficient (Wildman–Crippen LogP) is -0.459. The Hall–Kier alpha value is -2.94. The number of imide groups is 1. The summed E-state index contributed by atoms with van der Waals surface area (Å²) in [6, 6.07) is 6.28. The van der Waals surface area contributed by atoms with Gasteiger partial charge in [0, 0.05) is 26.7 Å². The number of aldehydes is 1. The third kappa shape index (κ3) is 4.32. The fourth-order valence-corrected chi connectivity index (χ4v) is 2.56. The zero-order valence-corrected chi connectivity index (χ0v) is 13.9. The summed E-state index contributed by atoms with van der Waals surface area (Å²) in [5, 5.41) is 7.94. The Balaban J connectivity index is 2.31. The molecule has 0 spiro atoms. The Morgan fingerprint density at radius 2 is 2.04 bits per heavy atom. The van der Waals surface area contributed by atoms with E-state index in [1.54, 1.807) is 30.3 Å². The van der Waals surface area contributed by atoms with Crippen LogP contribution in [0.3, 0.4) is 0 Å². The van der Waals surface area contributed by atoms with Crippen molar-refractivity contribution in [2.75, 3.05) is 38.1 Å². The maximum atomic E-state index is 13.0. The first kappa shape index (κ1) is 18.4. The third-order valence-electron chi connectivity index (χ3n) is 3.78. The van der Waals surface area contributed by atoms with E-state index in [0.29, 0.717) is 25.1 Å². The van der Waals surface area contributed by atoms with Gasteiger partial charge in [-0.15, -0.1) is 0 Å². The van der Waals surface area contributed by atoms with Crippen LogP contribution in [-0.4, -0.2) is 68.4 Å². The van der Waals surface area contributed by atoms with Gasteiger partial charge in [0.15, 0.2) is 0 Å². The second-order valence-electron chi connectivity index (χ2n) is 5.33. The van der Waals surface area contributed by atoms with Crippen LogP contribution in [0.25, 0.3) is 0 Å². The molecule has 1 unspecified atom stereocenters. The number of nitrogens with one attached hydrogen (secondary N) is 3. The molecular formula is C16H21N5O4. The van der Waals surface area contributed by atoms with Crippen molar-refractivity contribution in [2.45, 2.75) is 6.04 Å². The normalized spacial score (nSPS) is 16.7. The third-order valence-corrected chi connectivity index (χ3v) is 3.78. The van der Waals surface area contributed by atoms with Crippen molar-refractivity contribution in [3.63, 3.8) is 0 Å². The first-order valence-corrected chi connectivity index (χ1v) is 7.89. The minimum Gasteiger partial charge on any atom is -0.357 e. The van der Waals surface area contributed by atoms with Crippen LogP contribution in [0.15, 0.2) is 30.3 Å². The van der Waals surface area contributed by atoms with Crippen molar-refractivity contribution in [3.05, 3.63) is 30.3 Å². The minimum atomic E-state index is -0.726. The standard InChI is InChI=1S/C16H21N5O4/c1-17-14(23)13-11-18-7-9-20(13)16(25)21(15(24)19-8-10-22)12-5-3-2-4-6-12/h2-6,10,13,18H,7-9,11H2,1H3,(H,17,23)(H,19,24). The van der Waals surface area contributed by atoms with Crippen molar-refractivity contribution in [3.8, 4) is 0 Å². The van der Waals surface area contributed by atoms with Gasteiger partial charge in [-0.3, -0.25) is 4.79 Å². The number of carbonyl (C=O) groups is 4. The average Bonchev–Trinajstić information content (AvgIpc) is 2.66. The van der Waals surface area contributed by atoms with Gasteiger partial charge in [0.1, 0.15) is 12.3 Å². The molecule has 1 aliphatic heterocycles. The maximum Gasteiger partial charge on any atom is 0.333 e. The molecule has 3 N–H and O–H groups in total. The van der Waals surface area contributed by atoms with Gasteiger partial charge in [0.05, 0.1) is 12.2 Å². The summed E-state index contributed by atoms with van der Waals surface area (Å²) in [5.41, 5.74) is 0.352. The molecule has 1 saturated heterocycles. The second-order valence-corrected chi connectivity index (χ2v) is 5.33. The highest BCUT2D eigenvalue weighted by molar-refractivity contribution is 6.14. The lowest BCUT2D eigenvalue weighted by Crippen LogP contribution is -2.63. The van der Waals surface area contributed by atoms with Gasteiger partial charge in [-0.1, -0.05) is 18.2 Å². The lowest BCUT2D eigenvalue weighted by molar-refractivity contribution is -0.125. The topological polar surface area (TPSA) is 111 Å². The van der Waals surface area contributed by atoms with Gasteiger partial charge in [-0.05, 0) is 12.1 Å². The van der Waals surface area contributed by atoms with E-state index in [-0.39, 0.29) is 19.0 Å². The zero-order chi connectivity index (χ0) is 18.2. The quantitative estimate of drug-likeness (QED) is 0.639. The molecule has 0 saturated carbocycles. The molecule has 0 aliphatic carbocycles. The molecule has 9 nitrogen and oxygen atoms in total. The fraction of sp³-hybridized carbons (Fsp3) is 0.375. The molecule has 25 heavy (non-hydrogen) atoms. The largest absolute Gasteiger partial charge is 0.357 e. The number of hydrogen-bond donors (Lipinski definition) is 3. The van der Waals surface area contributed by atoms with Crippen LogP contribution in [0.4, 0.5) is 15.3 Å². The molecule has 0 bridgehead atoms. The van der Waals surface area contributed by atoms with Crippen LogP contribution in [0.5, 0.6) is 0 Å². The number of amides is 5. The number of likely N-dealkylation sites (N-methyl/N-ethyl adjacent to an activating group) is 1. The number of anilines is 1. The summed E-state index contributed by atoms with van der Waals surface area (Å²) in [4.78, 5) is 50.3. The average molecular weight is 347 g/mol. The second kappa shape index (κ2) is 8.78. The minimum absolute atomic E-state index is 0.212. The van der Waals surface area contributed by atoms with Crippen LogP contribution in [0.2, 0.25) is 0 Å². The molecule has 1 aromatic rings. The van der Waals surface area contributed by atoms with E-state index in [1.165, 1.54) is 11.9 Å². The number of nitrogens with zero attached hydrogens (tertiary/aromatic N) is 2. The summed E-state index contributed by atoms with van der Waals surface area (Å²) in [6.45, 7) is 0.874. The molecular weight excluding hydrogens is 326 g/mol. The first-order valence-electron chi connectivity index (χ1n) is 7.89. The Morgan fingerprint density at radius 3 is 2.68 bits per heavy atom. The Labute approximate surface area is 145 Å². The first-order chi connectivity index (χ1) is 12.1. The highest BCUT2D eigenvalue weighted by Crippen LogP contribution is 2.18. The number of piperazine rings is 1. The van der Waals surface area contributed by atoms with Gasteiger partial charge in [0.2, 0.25) is 5.91 Å². The molecule has 1 aliphatic rings. The Kier molecular flexibility index (Phi) is 6.47. The van der Waals surface area contributed by atoms with Crippen molar-refractivity contribution >= 4 is 29.9 Å². The van der Waals surface area contributed by atoms with E-state index in [2.05, 4.69) is 16.0 Å². The molecule has 0 radical (unpaired) electrons. The zero-order valence-electron chi connectivity index (χ0n) is 13.9. The molecule has 134 valence electrons. The lowest BCUT2D eigenvalue weighted by atomic mass is 10.2. The van der Waals surface area contributed by atoms with Crippen LogP contribution in [0, 0.1) is 0 Å². The fourth-order valence-electron chi connectivity index (χ4n) is 2.56. The summed E-state index contributed by atoms with van der Waals surface area (Å²) < 4.78 is 0. The van der Waals surface area contributed by atoms with Crippen molar-refractivity contribution in [2.24, 2.45) is 0 Å². The Bertz CT molecular complexity index is 637. The molecule has 1 heterocycles. The number of benzene rings is 1. The molecule has 1 fully saturated rings. The smallest absolute Gasteiger partial charge is 0.333 e. The molecule has 5 amide bonds. The summed E-state index contributed by atoms with van der Waals surface area (Å²) in [6.07, 6.45) is 0.531. The number of rotatable bonds is 4. The van der Waals surface area contributed by atoms with Crippen LogP contribution < -0.4 is 20.9 Å². The predicted molar refractivity (Wildman–Crippen MR) is 91.2 cm³/mol. The molecule has 1 aromatic carbocycles. The van der Waals surface area contributed by atoms with E-state index >= 15 is 0 Å². The molecule has 9 heteroatoms. The van der Waals surface area contributed by atoms with Crippen LogP contribution in [-0.2, 0) is 9.59 Å². The van der Waals surface area contributed by atoms with Crippen molar-refractivity contribution in [1.82, 2.24) is 20.9 Å². The number of carbonyl (C=O) groups excluding carboxylic acids is 4. The van der Waals surface area contributed by atoms with Gasteiger partial charge in [-0.25, -0.2) is 14.5 Å². The van der Waals surface area contributed by atoms with Crippen molar-refractivity contribution in [1.29, 1.82) is 0 Å². The van der Waals surface area contributed by atoms with Crippen LogP contribution >= 0.6 is 0 Å². The van der Waals surface area contributed by atoms with E-state index in [1.807, 2.05) is 0 Å². The highest BCUT2D eigenvalue weighted by atomic mass is 16.2. The van der Waals surface area contributed by atoms with E-state index in [4.69, 9.17) is 0 Å². The monoisotopic (exact) mass is 347 g/mol. The van der Waals surface area contributed by atoms with E-state index < -0.39 is 18.1 Å². The molecule has 1 atom stereocenters. The summed E-state index contributed by atoms with van der Waals surface area (Å²) >= 11 is 0. The molecule has 0 aromatic heterocycles. The van der Waals surface area contributed by atoms with Gasteiger partial charge >= 0.3 is 12.1 Å². The molecule has 2 rings (SSSR count).